The number of hydrogen-bond acceptors (Lipinski definition) is 4. The standard InChI is InChI=1S/C24H22N2O2S/c1-15(2)24(27)28-29-22-14-17-6-5-13-25-23(17)26(22)21-12-11-18(16-9-10-16)19-7-3-4-8-20(19)21/h3-8,11-16H,9-10H2,1-2H3. The second-order valence-corrected chi connectivity index (χ2v) is 8.62. The molecule has 2 heterocycles. The maximum Gasteiger partial charge on any atom is 0.320 e. The number of aromatic nitrogens is 2. The van der Waals surface area contributed by atoms with Gasteiger partial charge >= 0.3 is 5.97 Å². The molecule has 1 aliphatic rings. The molecular formula is C24H22N2O2S. The number of hydrogen-bond donors (Lipinski definition) is 0. The average molecular weight is 403 g/mol. The topological polar surface area (TPSA) is 44.1 Å². The summed E-state index contributed by atoms with van der Waals surface area (Å²) in [5.74, 6) is 0.278. The Labute approximate surface area is 174 Å². The van der Waals surface area contributed by atoms with E-state index in [1.165, 1.54) is 29.2 Å². The normalized spacial score (nSPS) is 14.0. The molecule has 0 N–H and O–H groups in total. The molecule has 4 nitrogen and oxygen atoms in total. The van der Waals surface area contributed by atoms with E-state index in [9.17, 15) is 4.79 Å². The van der Waals surface area contributed by atoms with Gasteiger partial charge in [-0.3, -0.25) is 9.36 Å². The highest BCUT2D eigenvalue weighted by Gasteiger charge is 2.26. The first-order valence-electron chi connectivity index (χ1n) is 10.0. The lowest BCUT2D eigenvalue weighted by molar-refractivity contribution is -0.136. The zero-order valence-corrected chi connectivity index (χ0v) is 17.3. The molecule has 0 saturated heterocycles. The number of rotatable bonds is 5. The Morgan fingerprint density at radius 2 is 1.90 bits per heavy atom. The first-order valence-corrected chi connectivity index (χ1v) is 10.7. The van der Waals surface area contributed by atoms with Gasteiger partial charge in [0.05, 0.1) is 11.6 Å². The van der Waals surface area contributed by atoms with Crippen molar-refractivity contribution in [2.24, 2.45) is 5.92 Å². The summed E-state index contributed by atoms with van der Waals surface area (Å²) in [6.07, 6.45) is 4.33. The Kier molecular flexibility index (Phi) is 4.55. The minimum atomic E-state index is -0.228. The molecule has 4 aromatic rings. The van der Waals surface area contributed by atoms with Crippen molar-refractivity contribution in [3.63, 3.8) is 0 Å². The zero-order valence-electron chi connectivity index (χ0n) is 16.5. The number of nitrogens with zero attached hydrogens (tertiary/aromatic N) is 2. The van der Waals surface area contributed by atoms with Crippen LogP contribution in [-0.4, -0.2) is 15.5 Å². The molecule has 146 valence electrons. The van der Waals surface area contributed by atoms with Crippen LogP contribution >= 0.6 is 12.0 Å². The molecule has 0 unspecified atom stereocenters. The molecule has 0 radical (unpaired) electrons. The van der Waals surface area contributed by atoms with Crippen molar-refractivity contribution < 1.29 is 8.98 Å². The van der Waals surface area contributed by atoms with E-state index >= 15 is 0 Å². The quantitative estimate of drug-likeness (QED) is 0.369. The third kappa shape index (κ3) is 3.29. The van der Waals surface area contributed by atoms with Crippen molar-refractivity contribution in [3.05, 3.63) is 66.4 Å². The van der Waals surface area contributed by atoms with Crippen molar-refractivity contribution in [2.45, 2.75) is 37.6 Å². The Balaban J connectivity index is 1.69. The van der Waals surface area contributed by atoms with Crippen molar-refractivity contribution in [1.82, 2.24) is 9.55 Å². The van der Waals surface area contributed by atoms with Crippen LogP contribution in [0.1, 0.15) is 38.2 Å². The number of carbonyl (C=O) groups is 1. The Morgan fingerprint density at radius 3 is 2.66 bits per heavy atom. The summed E-state index contributed by atoms with van der Waals surface area (Å²) in [5.41, 5.74) is 3.34. The molecule has 5 heteroatoms. The summed E-state index contributed by atoms with van der Waals surface area (Å²) in [4.78, 5) is 16.7. The van der Waals surface area contributed by atoms with Crippen LogP contribution in [0.4, 0.5) is 0 Å². The van der Waals surface area contributed by atoms with E-state index in [4.69, 9.17) is 4.18 Å². The van der Waals surface area contributed by atoms with Gasteiger partial charge in [0.1, 0.15) is 22.7 Å². The van der Waals surface area contributed by atoms with Gasteiger partial charge in [-0.1, -0.05) is 44.2 Å². The fourth-order valence-electron chi connectivity index (χ4n) is 3.74. The van der Waals surface area contributed by atoms with Gasteiger partial charge in [-0.05, 0) is 54.0 Å². The van der Waals surface area contributed by atoms with Gasteiger partial charge in [0.25, 0.3) is 0 Å². The third-order valence-corrected chi connectivity index (χ3v) is 6.12. The lowest BCUT2D eigenvalue weighted by atomic mass is 9.99. The SMILES string of the molecule is CC(C)C(=O)OSc1cc2cccnc2n1-c1ccc(C2CC2)c2ccccc12. The minimum Gasteiger partial charge on any atom is -0.384 e. The fourth-order valence-corrected chi connectivity index (χ4v) is 4.53. The van der Waals surface area contributed by atoms with E-state index in [0.717, 1.165) is 33.8 Å². The minimum absolute atomic E-state index is 0.169. The molecule has 1 saturated carbocycles. The molecule has 2 aromatic carbocycles. The predicted octanol–water partition coefficient (Wildman–Crippen LogP) is 6.26. The molecule has 1 aliphatic carbocycles. The van der Waals surface area contributed by atoms with Gasteiger partial charge in [-0.15, -0.1) is 0 Å². The van der Waals surface area contributed by atoms with Gasteiger partial charge in [-0.25, -0.2) is 4.98 Å². The molecule has 0 atom stereocenters. The van der Waals surface area contributed by atoms with Gasteiger partial charge < -0.3 is 4.18 Å². The van der Waals surface area contributed by atoms with Crippen LogP contribution in [0.2, 0.25) is 0 Å². The highest BCUT2D eigenvalue weighted by atomic mass is 32.2. The van der Waals surface area contributed by atoms with Gasteiger partial charge in [0.2, 0.25) is 0 Å². The van der Waals surface area contributed by atoms with Crippen LogP contribution in [0.3, 0.4) is 0 Å². The lowest BCUT2D eigenvalue weighted by Crippen LogP contribution is -2.08. The molecule has 0 aliphatic heterocycles. The van der Waals surface area contributed by atoms with Crippen molar-refractivity contribution in [3.8, 4) is 5.69 Å². The lowest BCUT2D eigenvalue weighted by Gasteiger charge is -2.15. The zero-order chi connectivity index (χ0) is 20.0. The smallest absolute Gasteiger partial charge is 0.320 e. The van der Waals surface area contributed by atoms with E-state index in [1.807, 2.05) is 32.0 Å². The van der Waals surface area contributed by atoms with E-state index in [2.05, 4.69) is 45.9 Å². The number of benzene rings is 2. The largest absolute Gasteiger partial charge is 0.384 e. The molecule has 5 rings (SSSR count). The molecule has 0 spiro atoms. The van der Waals surface area contributed by atoms with Crippen molar-refractivity contribution >= 4 is 39.8 Å². The highest BCUT2D eigenvalue weighted by molar-refractivity contribution is 7.95. The highest BCUT2D eigenvalue weighted by Crippen LogP contribution is 2.44. The Morgan fingerprint density at radius 1 is 1.10 bits per heavy atom. The number of pyridine rings is 1. The summed E-state index contributed by atoms with van der Waals surface area (Å²) >= 11 is 1.11. The van der Waals surface area contributed by atoms with Gasteiger partial charge in [0.15, 0.2) is 0 Å². The molecular weight excluding hydrogens is 380 g/mol. The Bertz CT molecular complexity index is 1220. The Hall–Kier alpha value is -2.79. The van der Waals surface area contributed by atoms with Crippen LogP contribution in [-0.2, 0) is 8.98 Å². The molecule has 0 bridgehead atoms. The van der Waals surface area contributed by atoms with Crippen molar-refractivity contribution in [2.75, 3.05) is 0 Å². The maximum absolute atomic E-state index is 12.1. The summed E-state index contributed by atoms with van der Waals surface area (Å²) < 4.78 is 7.60. The van der Waals surface area contributed by atoms with Crippen LogP contribution in [0.15, 0.2) is 65.8 Å². The van der Waals surface area contributed by atoms with E-state index < -0.39 is 0 Å². The van der Waals surface area contributed by atoms with Crippen LogP contribution in [0.25, 0.3) is 27.5 Å². The first-order chi connectivity index (χ1) is 14.1. The monoisotopic (exact) mass is 402 g/mol. The van der Waals surface area contributed by atoms with Crippen molar-refractivity contribution in [1.29, 1.82) is 0 Å². The average Bonchev–Trinajstić information content (AvgIpc) is 3.52. The van der Waals surface area contributed by atoms with Crippen LogP contribution in [0.5, 0.6) is 0 Å². The predicted molar refractivity (Wildman–Crippen MR) is 117 cm³/mol. The summed E-state index contributed by atoms with van der Waals surface area (Å²) in [6, 6.07) is 19.0. The van der Waals surface area contributed by atoms with Gasteiger partial charge in [0, 0.05) is 17.0 Å². The fraction of sp³-hybridized carbons (Fsp3) is 0.250. The van der Waals surface area contributed by atoms with E-state index in [-0.39, 0.29) is 11.9 Å². The first kappa shape index (κ1) is 18.3. The maximum atomic E-state index is 12.1. The molecule has 29 heavy (non-hydrogen) atoms. The molecule has 2 aromatic heterocycles. The third-order valence-electron chi connectivity index (χ3n) is 5.40. The van der Waals surface area contributed by atoms with E-state index in [1.54, 1.807) is 6.20 Å². The van der Waals surface area contributed by atoms with Crippen LogP contribution < -0.4 is 0 Å². The van der Waals surface area contributed by atoms with E-state index in [0.29, 0.717) is 5.92 Å². The van der Waals surface area contributed by atoms with Crippen LogP contribution in [0, 0.1) is 5.92 Å². The second kappa shape index (κ2) is 7.23. The number of carbonyl (C=O) groups excluding carboxylic acids is 1. The van der Waals surface area contributed by atoms with Gasteiger partial charge in [-0.2, -0.15) is 0 Å². The summed E-state index contributed by atoms with van der Waals surface area (Å²) in [6.45, 7) is 3.67. The summed E-state index contributed by atoms with van der Waals surface area (Å²) in [7, 11) is 0. The second-order valence-electron chi connectivity index (χ2n) is 7.87. The molecule has 1 fully saturated rings. The molecule has 0 amide bonds. The summed E-state index contributed by atoms with van der Waals surface area (Å²) in [5, 5.41) is 4.35. The number of fused-ring (bicyclic) bond motifs is 2.